The average Bonchev–Trinajstić information content (AvgIpc) is 2.67. The smallest absolute Gasteiger partial charge is 0.246 e. The van der Waals surface area contributed by atoms with Crippen molar-refractivity contribution in [1.82, 2.24) is 4.31 Å². The molecule has 0 radical (unpaired) electrons. The van der Waals surface area contributed by atoms with E-state index in [1.54, 1.807) is 19.2 Å². The topological polar surface area (TPSA) is 57.6 Å². The molecule has 0 aromatic heterocycles. The Morgan fingerprint density at radius 2 is 1.68 bits per heavy atom. The van der Waals surface area contributed by atoms with Gasteiger partial charge in [-0.3, -0.25) is 0 Å². The van der Waals surface area contributed by atoms with Gasteiger partial charge in [0.05, 0.1) is 0 Å². The Morgan fingerprint density at radius 1 is 1.11 bits per heavy atom. The largest absolute Gasteiger partial charge is 0.507 e. The van der Waals surface area contributed by atoms with Gasteiger partial charge >= 0.3 is 0 Å². The van der Waals surface area contributed by atoms with E-state index in [2.05, 4.69) is 0 Å². The average molecular weight is 283 g/mol. The van der Waals surface area contributed by atoms with Gasteiger partial charge in [-0.2, -0.15) is 4.31 Å². The minimum atomic E-state index is -3.60. The van der Waals surface area contributed by atoms with Crippen LogP contribution in [-0.2, 0) is 10.0 Å². The number of hydrogen-bond acceptors (Lipinski definition) is 3. The van der Waals surface area contributed by atoms with Crippen LogP contribution in [0.3, 0.4) is 0 Å². The molecular weight excluding hydrogens is 262 g/mol. The van der Waals surface area contributed by atoms with Gasteiger partial charge in [0.1, 0.15) is 10.6 Å². The summed E-state index contributed by atoms with van der Waals surface area (Å²) in [7, 11) is -1.98. The maximum absolute atomic E-state index is 12.5. The summed E-state index contributed by atoms with van der Waals surface area (Å²) in [5.74, 6) is -0.178. The number of benzene rings is 1. The molecule has 1 saturated carbocycles. The van der Waals surface area contributed by atoms with Crippen LogP contribution >= 0.6 is 0 Å². The first-order valence-corrected chi connectivity index (χ1v) is 8.23. The molecule has 0 aliphatic heterocycles. The fourth-order valence-electron chi connectivity index (χ4n) is 2.65. The molecule has 5 heteroatoms. The molecular formula is C14H21NO3S. The molecule has 0 heterocycles. The normalized spacial score (nSPS) is 18.4. The minimum Gasteiger partial charge on any atom is -0.507 e. The first kappa shape index (κ1) is 14.3. The summed E-state index contributed by atoms with van der Waals surface area (Å²) in [5.41, 5.74) is 0. The third-order valence-corrected chi connectivity index (χ3v) is 5.82. The number of hydrogen-bond donors (Lipinski definition) is 1. The fourth-order valence-corrected chi connectivity index (χ4v) is 4.14. The van der Waals surface area contributed by atoms with E-state index in [4.69, 9.17) is 0 Å². The lowest BCUT2D eigenvalue weighted by Gasteiger charge is -2.26. The fraction of sp³-hybridized carbons (Fsp3) is 0.571. The van der Waals surface area contributed by atoms with Gasteiger partial charge in [-0.1, -0.05) is 37.8 Å². The molecule has 1 aromatic rings. The highest BCUT2D eigenvalue weighted by Gasteiger charge is 2.30. The molecule has 0 unspecified atom stereocenters. The van der Waals surface area contributed by atoms with Gasteiger partial charge in [0, 0.05) is 13.1 Å². The van der Waals surface area contributed by atoms with Crippen LogP contribution in [0.4, 0.5) is 0 Å². The molecule has 0 saturated heterocycles. The molecule has 1 fully saturated rings. The van der Waals surface area contributed by atoms with Crippen LogP contribution in [0.15, 0.2) is 29.2 Å². The van der Waals surface area contributed by atoms with Gasteiger partial charge in [-0.15, -0.1) is 0 Å². The van der Waals surface area contributed by atoms with Crippen molar-refractivity contribution in [1.29, 1.82) is 0 Å². The van der Waals surface area contributed by atoms with Gasteiger partial charge in [0.15, 0.2) is 0 Å². The van der Waals surface area contributed by atoms with E-state index in [-0.39, 0.29) is 16.7 Å². The lowest BCUT2D eigenvalue weighted by molar-refractivity contribution is 0.334. The van der Waals surface area contributed by atoms with E-state index in [1.165, 1.54) is 29.3 Å². The van der Waals surface area contributed by atoms with Crippen LogP contribution < -0.4 is 0 Å². The Bertz CT molecular complexity index is 519. The second-order valence-electron chi connectivity index (χ2n) is 5.13. The summed E-state index contributed by atoms with van der Waals surface area (Å²) >= 11 is 0. The molecule has 0 spiro atoms. The van der Waals surface area contributed by atoms with Crippen molar-refractivity contribution in [3.8, 4) is 5.75 Å². The van der Waals surface area contributed by atoms with E-state index in [9.17, 15) is 13.5 Å². The van der Waals surface area contributed by atoms with Crippen LogP contribution in [0, 0.1) is 0 Å². The quantitative estimate of drug-likeness (QED) is 0.868. The van der Waals surface area contributed by atoms with Gasteiger partial charge in [-0.05, 0) is 25.0 Å². The second kappa shape index (κ2) is 5.92. The molecule has 1 N–H and O–H groups in total. The van der Waals surface area contributed by atoms with Crippen LogP contribution in [0.2, 0.25) is 0 Å². The molecule has 1 aromatic carbocycles. The highest BCUT2D eigenvalue weighted by Crippen LogP contribution is 2.29. The van der Waals surface area contributed by atoms with Crippen molar-refractivity contribution in [2.45, 2.75) is 49.5 Å². The molecule has 2 rings (SSSR count). The Balaban J connectivity index is 2.26. The number of nitrogens with zero attached hydrogens (tertiary/aromatic N) is 1. The molecule has 1 aliphatic carbocycles. The van der Waals surface area contributed by atoms with Crippen molar-refractivity contribution < 1.29 is 13.5 Å². The Kier molecular flexibility index (Phi) is 4.47. The third-order valence-electron chi connectivity index (χ3n) is 3.86. The number of rotatable bonds is 3. The van der Waals surface area contributed by atoms with Gasteiger partial charge < -0.3 is 5.11 Å². The molecule has 0 amide bonds. The van der Waals surface area contributed by atoms with E-state index >= 15 is 0 Å². The van der Waals surface area contributed by atoms with Crippen LogP contribution in [-0.4, -0.2) is 30.9 Å². The summed E-state index contributed by atoms with van der Waals surface area (Å²) < 4.78 is 26.5. The second-order valence-corrected chi connectivity index (χ2v) is 7.10. The predicted molar refractivity (Wildman–Crippen MR) is 74.5 cm³/mol. The van der Waals surface area contributed by atoms with Gasteiger partial charge in [0.2, 0.25) is 10.0 Å². The maximum Gasteiger partial charge on any atom is 0.246 e. The van der Waals surface area contributed by atoms with E-state index < -0.39 is 10.0 Å². The Morgan fingerprint density at radius 3 is 2.26 bits per heavy atom. The molecule has 1 aliphatic rings. The van der Waals surface area contributed by atoms with E-state index in [1.807, 2.05) is 0 Å². The monoisotopic (exact) mass is 283 g/mol. The zero-order valence-corrected chi connectivity index (χ0v) is 12.1. The van der Waals surface area contributed by atoms with E-state index in [0.717, 1.165) is 25.7 Å². The summed E-state index contributed by atoms with van der Waals surface area (Å²) in [6, 6.07) is 6.17. The standard InChI is InChI=1S/C14H21NO3S/c1-15(12-8-4-2-3-5-9-12)19(17,18)14-11-7-6-10-13(14)16/h6-7,10-12,16H,2-5,8-9H2,1H3. The number of aromatic hydroxyl groups is 1. The first-order valence-electron chi connectivity index (χ1n) is 6.79. The molecule has 4 nitrogen and oxygen atoms in total. The lowest BCUT2D eigenvalue weighted by Crippen LogP contribution is -2.36. The first-order chi connectivity index (χ1) is 9.03. The van der Waals surface area contributed by atoms with Crippen molar-refractivity contribution >= 4 is 10.0 Å². The summed E-state index contributed by atoms with van der Waals surface area (Å²) in [4.78, 5) is 0.00162. The molecule has 0 bridgehead atoms. The molecule has 0 atom stereocenters. The zero-order chi connectivity index (χ0) is 13.9. The summed E-state index contributed by atoms with van der Waals surface area (Å²) in [6.45, 7) is 0. The van der Waals surface area contributed by atoms with Gasteiger partial charge in [-0.25, -0.2) is 8.42 Å². The predicted octanol–water partition coefficient (Wildman–Crippen LogP) is 2.74. The number of phenolic OH excluding ortho intramolecular Hbond substituents is 1. The van der Waals surface area contributed by atoms with Crippen LogP contribution in [0.1, 0.15) is 38.5 Å². The number of sulfonamides is 1. The van der Waals surface area contributed by atoms with E-state index in [0.29, 0.717) is 0 Å². The van der Waals surface area contributed by atoms with Crippen molar-refractivity contribution in [2.75, 3.05) is 7.05 Å². The van der Waals surface area contributed by atoms with Crippen molar-refractivity contribution in [3.05, 3.63) is 24.3 Å². The SMILES string of the molecule is CN(C1CCCCCC1)S(=O)(=O)c1ccccc1O. The van der Waals surface area contributed by atoms with Gasteiger partial charge in [0.25, 0.3) is 0 Å². The molecule has 19 heavy (non-hydrogen) atoms. The van der Waals surface area contributed by atoms with Crippen LogP contribution in [0.25, 0.3) is 0 Å². The van der Waals surface area contributed by atoms with Crippen LogP contribution in [0.5, 0.6) is 5.75 Å². The maximum atomic E-state index is 12.5. The van der Waals surface area contributed by atoms with Crippen molar-refractivity contribution in [2.24, 2.45) is 0 Å². The third kappa shape index (κ3) is 3.09. The minimum absolute atomic E-state index is 0.00162. The highest BCUT2D eigenvalue weighted by atomic mass is 32.2. The molecule has 106 valence electrons. The highest BCUT2D eigenvalue weighted by molar-refractivity contribution is 7.89. The summed E-state index contributed by atoms with van der Waals surface area (Å²) in [5, 5.41) is 9.74. The summed E-state index contributed by atoms with van der Waals surface area (Å²) in [6.07, 6.45) is 6.32. The number of phenols is 1. The van der Waals surface area contributed by atoms with Crippen molar-refractivity contribution in [3.63, 3.8) is 0 Å². The number of para-hydroxylation sites is 1. The zero-order valence-electron chi connectivity index (χ0n) is 11.2. The Labute approximate surface area is 115 Å². The lowest BCUT2D eigenvalue weighted by atomic mass is 10.1. The Hall–Kier alpha value is -1.07.